The molecule has 92 valence electrons. The lowest BCUT2D eigenvalue weighted by Crippen LogP contribution is -2.34. The molecule has 1 N–H and O–H groups in total. The largest absolute Gasteiger partial charge is 0.337 e. The van der Waals surface area contributed by atoms with Crippen molar-refractivity contribution in [2.45, 2.75) is 6.42 Å². The van der Waals surface area contributed by atoms with E-state index in [0.29, 0.717) is 17.6 Å². The molecule has 1 aromatic carbocycles. The van der Waals surface area contributed by atoms with Crippen LogP contribution in [0.5, 0.6) is 0 Å². The SMILES string of the molecule is O=C(c1ccc(Br)cc1F)N1CCCNCC1. The van der Waals surface area contributed by atoms with Crippen molar-refractivity contribution >= 4 is 21.8 Å². The van der Waals surface area contributed by atoms with E-state index in [1.54, 1.807) is 11.0 Å². The van der Waals surface area contributed by atoms with Gasteiger partial charge in [-0.1, -0.05) is 15.9 Å². The Morgan fingerprint density at radius 3 is 2.94 bits per heavy atom. The maximum absolute atomic E-state index is 13.7. The zero-order valence-electron chi connectivity index (χ0n) is 9.38. The molecular weight excluding hydrogens is 287 g/mol. The van der Waals surface area contributed by atoms with Crippen molar-refractivity contribution in [3.63, 3.8) is 0 Å². The molecule has 1 amide bonds. The second kappa shape index (κ2) is 5.60. The van der Waals surface area contributed by atoms with Crippen LogP contribution >= 0.6 is 15.9 Å². The summed E-state index contributed by atoms with van der Waals surface area (Å²) < 4.78 is 14.3. The first-order valence-electron chi connectivity index (χ1n) is 5.63. The normalized spacial score (nSPS) is 16.7. The van der Waals surface area contributed by atoms with Crippen LogP contribution in [0, 0.1) is 5.82 Å². The third-order valence-electron chi connectivity index (χ3n) is 2.79. The molecule has 0 spiro atoms. The Morgan fingerprint density at radius 2 is 2.18 bits per heavy atom. The number of carbonyl (C=O) groups excluding carboxylic acids is 1. The molecule has 1 aliphatic rings. The van der Waals surface area contributed by atoms with Crippen molar-refractivity contribution in [2.75, 3.05) is 26.2 Å². The zero-order valence-corrected chi connectivity index (χ0v) is 11.0. The summed E-state index contributed by atoms with van der Waals surface area (Å²) in [5.41, 5.74) is 0.148. The number of nitrogens with zero attached hydrogens (tertiary/aromatic N) is 1. The Morgan fingerprint density at radius 1 is 1.35 bits per heavy atom. The van der Waals surface area contributed by atoms with Gasteiger partial charge in [-0.15, -0.1) is 0 Å². The van der Waals surface area contributed by atoms with E-state index in [0.717, 1.165) is 19.5 Å². The average Bonchev–Trinajstić information content (AvgIpc) is 2.56. The molecular formula is C12H14BrFN2O. The van der Waals surface area contributed by atoms with Crippen LogP contribution in [-0.4, -0.2) is 37.0 Å². The standard InChI is InChI=1S/C12H14BrFN2O/c13-9-2-3-10(11(14)8-9)12(17)16-6-1-4-15-5-7-16/h2-3,8,15H,1,4-7H2. The van der Waals surface area contributed by atoms with Gasteiger partial charge in [-0.3, -0.25) is 4.79 Å². The van der Waals surface area contributed by atoms with E-state index in [1.165, 1.54) is 12.1 Å². The molecule has 1 aromatic rings. The number of benzene rings is 1. The molecule has 17 heavy (non-hydrogen) atoms. The molecule has 3 nitrogen and oxygen atoms in total. The summed E-state index contributed by atoms with van der Waals surface area (Å²) in [6.07, 6.45) is 0.907. The third-order valence-corrected chi connectivity index (χ3v) is 3.28. The highest BCUT2D eigenvalue weighted by molar-refractivity contribution is 9.10. The average molecular weight is 301 g/mol. The topological polar surface area (TPSA) is 32.3 Å². The Kier molecular flexibility index (Phi) is 4.12. The van der Waals surface area contributed by atoms with E-state index in [2.05, 4.69) is 21.2 Å². The van der Waals surface area contributed by atoms with Crippen LogP contribution in [0.2, 0.25) is 0 Å². The smallest absolute Gasteiger partial charge is 0.256 e. The van der Waals surface area contributed by atoms with E-state index < -0.39 is 5.82 Å². The van der Waals surface area contributed by atoms with Gasteiger partial charge in [0.1, 0.15) is 5.82 Å². The highest BCUT2D eigenvalue weighted by Gasteiger charge is 2.19. The minimum Gasteiger partial charge on any atom is -0.337 e. The molecule has 5 heteroatoms. The van der Waals surface area contributed by atoms with Crippen LogP contribution in [0.15, 0.2) is 22.7 Å². The van der Waals surface area contributed by atoms with E-state index in [-0.39, 0.29) is 11.5 Å². The van der Waals surface area contributed by atoms with E-state index >= 15 is 0 Å². The summed E-state index contributed by atoms with van der Waals surface area (Å²) in [4.78, 5) is 13.8. The molecule has 0 bridgehead atoms. The fourth-order valence-electron chi connectivity index (χ4n) is 1.88. The van der Waals surface area contributed by atoms with Crippen molar-refractivity contribution in [3.8, 4) is 0 Å². The highest BCUT2D eigenvalue weighted by atomic mass is 79.9. The van der Waals surface area contributed by atoms with Crippen molar-refractivity contribution in [1.29, 1.82) is 0 Å². The summed E-state index contributed by atoms with van der Waals surface area (Å²) >= 11 is 3.18. The molecule has 2 rings (SSSR count). The number of hydrogen-bond donors (Lipinski definition) is 1. The van der Waals surface area contributed by atoms with Gasteiger partial charge >= 0.3 is 0 Å². The monoisotopic (exact) mass is 300 g/mol. The van der Waals surface area contributed by atoms with Crippen LogP contribution < -0.4 is 5.32 Å². The van der Waals surface area contributed by atoms with E-state index in [1.807, 2.05) is 0 Å². The van der Waals surface area contributed by atoms with Gasteiger partial charge in [0, 0.05) is 24.1 Å². The molecule has 0 atom stereocenters. The fourth-order valence-corrected chi connectivity index (χ4v) is 2.22. The van der Waals surface area contributed by atoms with Gasteiger partial charge in [-0.05, 0) is 31.2 Å². The van der Waals surface area contributed by atoms with Gasteiger partial charge in [-0.25, -0.2) is 4.39 Å². The van der Waals surface area contributed by atoms with Crippen LogP contribution in [-0.2, 0) is 0 Å². The predicted octanol–water partition coefficient (Wildman–Crippen LogP) is 2.02. The molecule has 1 fully saturated rings. The van der Waals surface area contributed by atoms with Crippen LogP contribution in [0.1, 0.15) is 16.8 Å². The second-order valence-electron chi connectivity index (χ2n) is 4.02. The number of nitrogens with one attached hydrogen (secondary N) is 1. The molecule has 0 radical (unpaired) electrons. The third kappa shape index (κ3) is 3.04. The highest BCUT2D eigenvalue weighted by Crippen LogP contribution is 2.17. The van der Waals surface area contributed by atoms with Gasteiger partial charge in [0.2, 0.25) is 0 Å². The van der Waals surface area contributed by atoms with Crippen LogP contribution in [0.3, 0.4) is 0 Å². The summed E-state index contributed by atoms with van der Waals surface area (Å²) in [6, 6.07) is 4.54. The van der Waals surface area contributed by atoms with E-state index in [4.69, 9.17) is 0 Å². The molecule has 1 heterocycles. The van der Waals surface area contributed by atoms with Gasteiger partial charge in [0.25, 0.3) is 5.91 Å². The Balaban J connectivity index is 2.17. The molecule has 0 aromatic heterocycles. The predicted molar refractivity (Wildman–Crippen MR) is 67.5 cm³/mol. The number of hydrogen-bond acceptors (Lipinski definition) is 2. The Bertz CT molecular complexity index is 417. The maximum atomic E-state index is 13.7. The second-order valence-corrected chi connectivity index (χ2v) is 4.94. The number of rotatable bonds is 1. The van der Waals surface area contributed by atoms with Gasteiger partial charge in [-0.2, -0.15) is 0 Å². The van der Waals surface area contributed by atoms with Gasteiger partial charge < -0.3 is 10.2 Å². The van der Waals surface area contributed by atoms with Crippen molar-refractivity contribution in [3.05, 3.63) is 34.1 Å². The summed E-state index contributed by atoms with van der Waals surface area (Å²) in [5.74, 6) is -0.694. The molecule has 1 saturated heterocycles. The first kappa shape index (κ1) is 12.5. The van der Waals surface area contributed by atoms with Crippen molar-refractivity contribution in [1.82, 2.24) is 10.2 Å². The lowest BCUT2D eigenvalue weighted by molar-refractivity contribution is 0.0761. The van der Waals surface area contributed by atoms with Crippen molar-refractivity contribution < 1.29 is 9.18 Å². The number of amides is 1. The quantitative estimate of drug-likeness (QED) is 0.861. The summed E-state index contributed by atoms with van der Waals surface area (Å²) in [7, 11) is 0. The molecule has 0 unspecified atom stereocenters. The first-order valence-corrected chi connectivity index (χ1v) is 6.43. The molecule has 0 saturated carbocycles. The number of halogens is 2. The minimum absolute atomic E-state index is 0.148. The summed E-state index contributed by atoms with van der Waals surface area (Å²) in [6.45, 7) is 2.99. The van der Waals surface area contributed by atoms with Gasteiger partial charge in [0.15, 0.2) is 0 Å². The molecule has 0 aliphatic carbocycles. The van der Waals surface area contributed by atoms with Crippen LogP contribution in [0.4, 0.5) is 4.39 Å². The minimum atomic E-state index is -0.471. The van der Waals surface area contributed by atoms with Gasteiger partial charge in [0.05, 0.1) is 5.56 Å². The lowest BCUT2D eigenvalue weighted by Gasteiger charge is -2.20. The Labute approximate surface area is 108 Å². The first-order chi connectivity index (χ1) is 8.18. The van der Waals surface area contributed by atoms with E-state index in [9.17, 15) is 9.18 Å². The summed E-state index contributed by atoms with van der Waals surface area (Å²) in [5, 5.41) is 3.21. The lowest BCUT2D eigenvalue weighted by atomic mass is 10.2. The van der Waals surface area contributed by atoms with Crippen LogP contribution in [0.25, 0.3) is 0 Å². The Hall–Kier alpha value is -0.940. The van der Waals surface area contributed by atoms with Crippen molar-refractivity contribution in [2.24, 2.45) is 0 Å². The fraction of sp³-hybridized carbons (Fsp3) is 0.417. The zero-order chi connectivity index (χ0) is 12.3. The number of carbonyl (C=O) groups is 1. The maximum Gasteiger partial charge on any atom is 0.256 e. The molecule has 1 aliphatic heterocycles.